The number of thiazole rings is 1. The second kappa shape index (κ2) is 6.71. The Hall–Kier alpha value is -0.940. The largest absolute Gasteiger partial charge is 0.347 e. The lowest BCUT2D eigenvalue weighted by molar-refractivity contribution is -0.122. The van der Waals surface area contributed by atoms with E-state index >= 15 is 0 Å². The molecule has 0 aliphatic heterocycles. The third kappa shape index (κ3) is 4.83. The van der Waals surface area contributed by atoms with E-state index < -0.39 is 0 Å². The quantitative estimate of drug-likeness (QED) is 0.817. The Kier molecular flexibility index (Phi) is 5.58. The number of nitrogens with two attached hydrogens (primary N) is 1. The van der Waals surface area contributed by atoms with Crippen LogP contribution in [-0.2, 0) is 4.79 Å². The van der Waals surface area contributed by atoms with Gasteiger partial charge in [0.1, 0.15) is 5.01 Å². The number of hydrogen-bond donors (Lipinski definition) is 2. The highest BCUT2D eigenvalue weighted by Crippen LogP contribution is 2.19. The van der Waals surface area contributed by atoms with Crippen LogP contribution in [0.4, 0.5) is 0 Å². The summed E-state index contributed by atoms with van der Waals surface area (Å²) in [6.07, 6.45) is 3.21. The predicted molar refractivity (Wildman–Crippen MR) is 70.9 cm³/mol. The summed E-state index contributed by atoms with van der Waals surface area (Å²) in [6, 6.07) is -0.00520. The van der Waals surface area contributed by atoms with E-state index in [-0.39, 0.29) is 11.9 Å². The molecule has 0 aliphatic carbocycles. The highest BCUT2D eigenvalue weighted by Gasteiger charge is 2.13. The first-order chi connectivity index (χ1) is 8.02. The summed E-state index contributed by atoms with van der Waals surface area (Å²) in [5, 5.41) is 3.92. The van der Waals surface area contributed by atoms with Crippen molar-refractivity contribution in [2.45, 2.75) is 39.7 Å². The topological polar surface area (TPSA) is 68.0 Å². The molecule has 0 saturated carbocycles. The van der Waals surface area contributed by atoms with Gasteiger partial charge in [-0.3, -0.25) is 4.79 Å². The molecule has 2 unspecified atom stereocenters. The molecule has 0 bridgehead atoms. The molecule has 17 heavy (non-hydrogen) atoms. The average molecular weight is 255 g/mol. The number of nitrogens with zero attached hydrogens (tertiary/aromatic N) is 1. The first kappa shape index (κ1) is 14.1. The minimum atomic E-state index is -0.00520. The van der Waals surface area contributed by atoms with Crippen LogP contribution in [0.15, 0.2) is 6.20 Å². The van der Waals surface area contributed by atoms with Crippen LogP contribution in [0.2, 0.25) is 0 Å². The minimum absolute atomic E-state index is 0.00520. The number of carbonyl (C=O) groups is 1. The lowest BCUT2D eigenvalue weighted by Gasteiger charge is -2.12. The van der Waals surface area contributed by atoms with Crippen molar-refractivity contribution in [1.82, 2.24) is 10.3 Å². The number of hydrogen-bond acceptors (Lipinski definition) is 4. The zero-order chi connectivity index (χ0) is 12.8. The van der Waals surface area contributed by atoms with Crippen LogP contribution in [0.1, 0.15) is 42.6 Å². The fourth-order valence-electron chi connectivity index (χ4n) is 1.44. The summed E-state index contributed by atoms with van der Waals surface area (Å²) >= 11 is 1.62. The molecule has 1 rings (SSSR count). The molecular formula is C12H21N3OS. The molecule has 0 spiro atoms. The van der Waals surface area contributed by atoms with E-state index in [2.05, 4.69) is 17.2 Å². The number of amides is 1. The Morgan fingerprint density at radius 3 is 2.82 bits per heavy atom. The Morgan fingerprint density at radius 1 is 1.59 bits per heavy atom. The molecule has 0 aliphatic rings. The molecule has 0 aromatic carbocycles. The number of aryl methyl sites for hydroxylation is 1. The molecule has 1 amide bonds. The van der Waals surface area contributed by atoms with Gasteiger partial charge in [-0.25, -0.2) is 4.98 Å². The van der Waals surface area contributed by atoms with Crippen LogP contribution in [0.25, 0.3) is 0 Å². The van der Waals surface area contributed by atoms with E-state index in [1.165, 1.54) is 0 Å². The Balaban J connectivity index is 2.36. The van der Waals surface area contributed by atoms with Gasteiger partial charge < -0.3 is 11.1 Å². The van der Waals surface area contributed by atoms with Gasteiger partial charge in [-0.2, -0.15) is 0 Å². The first-order valence-electron chi connectivity index (χ1n) is 5.94. The maximum atomic E-state index is 11.7. The van der Waals surface area contributed by atoms with Crippen LogP contribution in [0.3, 0.4) is 0 Å². The van der Waals surface area contributed by atoms with Gasteiger partial charge in [0.15, 0.2) is 0 Å². The Labute approximate surface area is 107 Å². The van der Waals surface area contributed by atoms with Crippen molar-refractivity contribution < 1.29 is 4.79 Å². The van der Waals surface area contributed by atoms with Crippen molar-refractivity contribution in [3.63, 3.8) is 0 Å². The predicted octanol–water partition coefficient (Wildman–Crippen LogP) is 2.00. The SMILES string of the molecule is Cc1cnc(C(C)NC(=O)CCC(C)CN)s1. The molecule has 0 saturated heterocycles. The number of rotatable bonds is 6. The minimum Gasteiger partial charge on any atom is -0.347 e. The lowest BCUT2D eigenvalue weighted by atomic mass is 10.1. The van der Waals surface area contributed by atoms with Gasteiger partial charge in [0.05, 0.1) is 6.04 Å². The number of nitrogens with one attached hydrogen (secondary N) is 1. The smallest absolute Gasteiger partial charge is 0.220 e. The van der Waals surface area contributed by atoms with Crippen LogP contribution in [-0.4, -0.2) is 17.4 Å². The highest BCUT2D eigenvalue weighted by molar-refractivity contribution is 7.11. The maximum Gasteiger partial charge on any atom is 0.220 e. The fraction of sp³-hybridized carbons (Fsp3) is 0.667. The lowest BCUT2D eigenvalue weighted by Crippen LogP contribution is -2.27. The second-order valence-corrected chi connectivity index (χ2v) is 5.74. The van der Waals surface area contributed by atoms with Crippen LogP contribution < -0.4 is 11.1 Å². The van der Waals surface area contributed by atoms with Crippen molar-refractivity contribution in [1.29, 1.82) is 0 Å². The van der Waals surface area contributed by atoms with E-state index in [0.29, 0.717) is 18.9 Å². The Bertz CT molecular complexity index is 364. The van der Waals surface area contributed by atoms with Crippen LogP contribution >= 0.6 is 11.3 Å². The molecule has 1 aromatic heterocycles. The standard InChI is InChI=1S/C12H21N3OS/c1-8(6-13)4-5-11(16)15-10(3)12-14-7-9(2)17-12/h7-8,10H,4-6,13H2,1-3H3,(H,15,16). The summed E-state index contributed by atoms with van der Waals surface area (Å²) in [5.74, 6) is 0.476. The van der Waals surface area contributed by atoms with Gasteiger partial charge in [0.2, 0.25) is 5.91 Å². The number of aromatic nitrogens is 1. The number of carbonyl (C=O) groups excluding carboxylic acids is 1. The summed E-state index contributed by atoms with van der Waals surface area (Å²) in [4.78, 5) is 17.1. The first-order valence-corrected chi connectivity index (χ1v) is 6.76. The molecule has 1 heterocycles. The van der Waals surface area contributed by atoms with Gasteiger partial charge in [0.25, 0.3) is 0 Å². The molecular weight excluding hydrogens is 234 g/mol. The van der Waals surface area contributed by atoms with Crippen molar-refractivity contribution in [2.24, 2.45) is 11.7 Å². The van der Waals surface area contributed by atoms with Gasteiger partial charge in [-0.05, 0) is 32.7 Å². The molecule has 96 valence electrons. The van der Waals surface area contributed by atoms with Crippen LogP contribution in [0, 0.1) is 12.8 Å². The van der Waals surface area contributed by atoms with Gasteiger partial charge in [-0.1, -0.05) is 6.92 Å². The molecule has 0 radical (unpaired) electrons. The van der Waals surface area contributed by atoms with E-state index in [9.17, 15) is 4.79 Å². The van der Waals surface area contributed by atoms with Crippen molar-refractivity contribution >= 4 is 17.2 Å². The van der Waals surface area contributed by atoms with Crippen molar-refractivity contribution in [2.75, 3.05) is 6.54 Å². The van der Waals surface area contributed by atoms with Crippen molar-refractivity contribution in [3.05, 3.63) is 16.1 Å². The monoisotopic (exact) mass is 255 g/mol. The third-order valence-corrected chi connectivity index (χ3v) is 3.75. The highest BCUT2D eigenvalue weighted by atomic mass is 32.1. The summed E-state index contributed by atoms with van der Waals surface area (Å²) in [5.41, 5.74) is 5.51. The molecule has 2 atom stereocenters. The third-order valence-electron chi connectivity index (χ3n) is 2.65. The van der Waals surface area contributed by atoms with E-state index in [0.717, 1.165) is 16.3 Å². The zero-order valence-corrected chi connectivity index (χ0v) is 11.5. The molecule has 4 nitrogen and oxygen atoms in total. The maximum absolute atomic E-state index is 11.7. The van der Waals surface area contributed by atoms with E-state index in [4.69, 9.17) is 5.73 Å². The summed E-state index contributed by atoms with van der Waals surface area (Å²) < 4.78 is 0. The normalized spacial score (nSPS) is 14.4. The van der Waals surface area contributed by atoms with E-state index in [1.807, 2.05) is 20.0 Å². The molecule has 1 aromatic rings. The summed E-state index contributed by atoms with van der Waals surface area (Å²) in [7, 11) is 0. The van der Waals surface area contributed by atoms with E-state index in [1.54, 1.807) is 11.3 Å². The van der Waals surface area contributed by atoms with Gasteiger partial charge in [-0.15, -0.1) is 11.3 Å². The van der Waals surface area contributed by atoms with Crippen LogP contribution in [0.5, 0.6) is 0 Å². The van der Waals surface area contributed by atoms with Gasteiger partial charge >= 0.3 is 0 Å². The van der Waals surface area contributed by atoms with Crippen molar-refractivity contribution in [3.8, 4) is 0 Å². The Morgan fingerprint density at radius 2 is 2.29 bits per heavy atom. The second-order valence-electron chi connectivity index (χ2n) is 4.48. The molecule has 5 heteroatoms. The zero-order valence-electron chi connectivity index (χ0n) is 10.7. The average Bonchev–Trinajstić information content (AvgIpc) is 2.72. The molecule has 3 N–H and O–H groups in total. The fourth-order valence-corrected chi connectivity index (χ4v) is 2.22. The van der Waals surface area contributed by atoms with Gasteiger partial charge in [0, 0.05) is 17.5 Å². The summed E-state index contributed by atoms with van der Waals surface area (Å²) in [6.45, 7) is 6.66. The molecule has 0 fully saturated rings.